The number of nitrogens with one attached hydrogen (secondary N) is 1. The van der Waals surface area contributed by atoms with Crippen LogP contribution in [0.1, 0.15) is 24.1 Å². The molecule has 0 aromatic carbocycles. The lowest BCUT2D eigenvalue weighted by atomic mass is 10.1. The third-order valence-electron chi connectivity index (χ3n) is 4.31. The van der Waals surface area contributed by atoms with Gasteiger partial charge < -0.3 is 20.2 Å². The topological polar surface area (TPSA) is 85.8 Å². The van der Waals surface area contributed by atoms with Crippen LogP contribution in [-0.4, -0.2) is 64.6 Å². The Hall–Kier alpha value is -2.31. The fourth-order valence-electron chi connectivity index (χ4n) is 3.12. The number of fused-ring (bicyclic) bond motifs is 1. The van der Waals surface area contributed by atoms with Crippen molar-refractivity contribution < 1.29 is 14.7 Å². The number of hydrogen-bond acceptors (Lipinski definition) is 4. The molecular formula is C16H22N4O3. The monoisotopic (exact) mass is 318 g/mol. The summed E-state index contributed by atoms with van der Waals surface area (Å²) in [7, 11) is 0. The predicted octanol–water partition coefficient (Wildman–Crippen LogP) is 1.19. The molecule has 0 saturated carbocycles. The van der Waals surface area contributed by atoms with E-state index < -0.39 is 5.97 Å². The van der Waals surface area contributed by atoms with Crippen LogP contribution in [0.2, 0.25) is 0 Å². The molecule has 7 nitrogen and oxygen atoms in total. The van der Waals surface area contributed by atoms with Crippen LogP contribution in [0.15, 0.2) is 12.1 Å². The number of urea groups is 1. The molecule has 2 amide bonds. The molecule has 23 heavy (non-hydrogen) atoms. The van der Waals surface area contributed by atoms with E-state index >= 15 is 0 Å². The van der Waals surface area contributed by atoms with Crippen molar-refractivity contribution in [1.82, 2.24) is 14.8 Å². The minimum absolute atomic E-state index is 0.185. The van der Waals surface area contributed by atoms with Crippen LogP contribution in [0.25, 0.3) is 0 Å². The molecule has 2 aliphatic rings. The Morgan fingerprint density at radius 2 is 2.09 bits per heavy atom. The van der Waals surface area contributed by atoms with Crippen LogP contribution in [0.4, 0.5) is 10.6 Å². The molecule has 0 aliphatic carbocycles. The van der Waals surface area contributed by atoms with Crippen molar-refractivity contribution in [2.75, 3.05) is 38.0 Å². The Bertz CT molecular complexity index is 605. The highest BCUT2D eigenvalue weighted by Gasteiger charge is 2.26. The number of rotatable bonds is 5. The van der Waals surface area contributed by atoms with Gasteiger partial charge in [-0.3, -0.25) is 4.79 Å². The van der Waals surface area contributed by atoms with Crippen molar-refractivity contribution in [3.63, 3.8) is 0 Å². The van der Waals surface area contributed by atoms with E-state index in [9.17, 15) is 9.59 Å². The molecule has 7 heteroatoms. The van der Waals surface area contributed by atoms with Gasteiger partial charge >= 0.3 is 12.0 Å². The van der Waals surface area contributed by atoms with Crippen molar-refractivity contribution in [3.05, 3.63) is 23.4 Å². The summed E-state index contributed by atoms with van der Waals surface area (Å²) >= 11 is 0. The number of carboxylic acid groups (broad SMARTS) is 1. The van der Waals surface area contributed by atoms with Gasteiger partial charge in [-0.05, 0) is 30.9 Å². The predicted molar refractivity (Wildman–Crippen MR) is 85.5 cm³/mol. The maximum Gasteiger partial charge on any atom is 0.323 e. The van der Waals surface area contributed by atoms with Gasteiger partial charge in [0.15, 0.2) is 0 Å². The summed E-state index contributed by atoms with van der Waals surface area (Å²) < 4.78 is 0. The maximum absolute atomic E-state index is 12.3. The third-order valence-corrected chi connectivity index (χ3v) is 4.31. The average molecular weight is 318 g/mol. The van der Waals surface area contributed by atoms with E-state index in [1.165, 1.54) is 10.5 Å². The summed E-state index contributed by atoms with van der Waals surface area (Å²) in [5, 5.41) is 12.2. The number of carboxylic acids is 1. The number of carbonyl (C=O) groups is 2. The van der Waals surface area contributed by atoms with Gasteiger partial charge in [0.2, 0.25) is 0 Å². The summed E-state index contributed by atoms with van der Waals surface area (Å²) in [6, 6.07) is 3.95. The van der Waals surface area contributed by atoms with Crippen molar-refractivity contribution in [2.45, 2.75) is 25.7 Å². The molecule has 3 rings (SSSR count). The van der Waals surface area contributed by atoms with Crippen LogP contribution in [0.5, 0.6) is 0 Å². The van der Waals surface area contributed by atoms with E-state index in [2.05, 4.69) is 16.4 Å². The van der Waals surface area contributed by atoms with Gasteiger partial charge in [-0.1, -0.05) is 6.07 Å². The van der Waals surface area contributed by atoms with E-state index in [1.54, 1.807) is 4.90 Å². The molecule has 0 bridgehead atoms. The molecule has 1 fully saturated rings. The first-order valence-electron chi connectivity index (χ1n) is 8.12. The van der Waals surface area contributed by atoms with E-state index in [0.717, 1.165) is 37.3 Å². The highest BCUT2D eigenvalue weighted by atomic mass is 16.4. The lowest BCUT2D eigenvalue weighted by Crippen LogP contribution is -2.51. The summed E-state index contributed by atoms with van der Waals surface area (Å²) in [4.78, 5) is 30.8. The SMILES string of the molecule is O=C(O)CN1CCCN(CCc2ccc3c(n2)NCCC3)C1=O. The van der Waals surface area contributed by atoms with Crippen LogP contribution < -0.4 is 5.32 Å². The standard InChI is InChI=1S/C16H22N4O3/c21-14(22)11-20-9-2-8-19(16(20)23)10-6-13-5-4-12-3-1-7-17-15(12)18-13/h4-5H,1-3,6-11H2,(H,17,18)(H,21,22). The molecule has 1 aromatic heterocycles. The molecule has 0 atom stereocenters. The summed E-state index contributed by atoms with van der Waals surface area (Å²) in [6.07, 6.45) is 3.68. The van der Waals surface area contributed by atoms with E-state index in [4.69, 9.17) is 5.11 Å². The largest absolute Gasteiger partial charge is 0.480 e. The zero-order chi connectivity index (χ0) is 16.2. The molecule has 1 aromatic rings. The zero-order valence-corrected chi connectivity index (χ0v) is 13.1. The van der Waals surface area contributed by atoms with Crippen LogP contribution in [0.3, 0.4) is 0 Å². The molecule has 124 valence electrons. The number of aromatic nitrogens is 1. The molecular weight excluding hydrogens is 296 g/mol. The normalized spacial score (nSPS) is 17.7. The number of aryl methyl sites for hydroxylation is 1. The Kier molecular flexibility index (Phi) is 4.64. The molecule has 0 radical (unpaired) electrons. The van der Waals surface area contributed by atoms with Crippen LogP contribution in [-0.2, 0) is 17.6 Å². The van der Waals surface area contributed by atoms with Gasteiger partial charge in [0, 0.05) is 38.3 Å². The fourth-order valence-corrected chi connectivity index (χ4v) is 3.12. The number of carbonyl (C=O) groups excluding carboxylic acids is 1. The Morgan fingerprint density at radius 3 is 2.91 bits per heavy atom. The number of pyridine rings is 1. The second-order valence-electron chi connectivity index (χ2n) is 6.03. The second-order valence-corrected chi connectivity index (χ2v) is 6.03. The van der Waals surface area contributed by atoms with Gasteiger partial charge in [0.05, 0.1) is 0 Å². The lowest BCUT2D eigenvalue weighted by molar-refractivity contribution is -0.138. The van der Waals surface area contributed by atoms with Gasteiger partial charge in [-0.15, -0.1) is 0 Å². The Labute approximate surface area is 135 Å². The van der Waals surface area contributed by atoms with Gasteiger partial charge in [-0.25, -0.2) is 9.78 Å². The van der Waals surface area contributed by atoms with Crippen molar-refractivity contribution in [1.29, 1.82) is 0 Å². The molecule has 3 heterocycles. The first kappa shape index (κ1) is 15.6. The van der Waals surface area contributed by atoms with Crippen molar-refractivity contribution in [2.24, 2.45) is 0 Å². The van der Waals surface area contributed by atoms with E-state index in [0.29, 0.717) is 26.1 Å². The fraction of sp³-hybridized carbons (Fsp3) is 0.562. The summed E-state index contributed by atoms with van der Waals surface area (Å²) in [6.45, 7) is 2.50. The number of amides is 2. The zero-order valence-electron chi connectivity index (χ0n) is 13.1. The molecule has 0 spiro atoms. The van der Waals surface area contributed by atoms with Gasteiger partial charge in [-0.2, -0.15) is 0 Å². The highest BCUT2D eigenvalue weighted by Crippen LogP contribution is 2.20. The second kappa shape index (κ2) is 6.85. The number of aliphatic carboxylic acids is 1. The summed E-state index contributed by atoms with van der Waals surface area (Å²) in [5.74, 6) is -0.00569. The first-order valence-corrected chi connectivity index (χ1v) is 8.12. The minimum atomic E-state index is -0.970. The van der Waals surface area contributed by atoms with E-state index in [-0.39, 0.29) is 12.6 Å². The van der Waals surface area contributed by atoms with Gasteiger partial charge in [0.25, 0.3) is 0 Å². The smallest absolute Gasteiger partial charge is 0.323 e. The molecule has 1 saturated heterocycles. The average Bonchev–Trinajstić information content (AvgIpc) is 2.55. The lowest BCUT2D eigenvalue weighted by Gasteiger charge is -2.34. The number of nitrogens with zero attached hydrogens (tertiary/aromatic N) is 3. The highest BCUT2D eigenvalue weighted by molar-refractivity contribution is 5.80. The van der Waals surface area contributed by atoms with Crippen molar-refractivity contribution >= 4 is 17.8 Å². The maximum atomic E-state index is 12.3. The van der Waals surface area contributed by atoms with Crippen LogP contribution >= 0.6 is 0 Å². The number of anilines is 1. The summed E-state index contributed by atoms with van der Waals surface area (Å²) in [5.41, 5.74) is 2.21. The quantitative estimate of drug-likeness (QED) is 0.852. The Balaban J connectivity index is 1.59. The molecule has 2 aliphatic heterocycles. The first-order chi connectivity index (χ1) is 11.1. The van der Waals surface area contributed by atoms with Crippen molar-refractivity contribution in [3.8, 4) is 0 Å². The van der Waals surface area contributed by atoms with Crippen LogP contribution in [0, 0.1) is 0 Å². The van der Waals surface area contributed by atoms with Gasteiger partial charge in [0.1, 0.15) is 12.4 Å². The number of hydrogen-bond donors (Lipinski definition) is 2. The molecule has 2 N–H and O–H groups in total. The third kappa shape index (κ3) is 3.72. The Morgan fingerprint density at radius 1 is 1.26 bits per heavy atom. The molecule has 0 unspecified atom stereocenters. The van der Waals surface area contributed by atoms with E-state index in [1.807, 2.05) is 6.07 Å². The minimum Gasteiger partial charge on any atom is -0.480 e.